The number of rotatable bonds is 5. The van der Waals surface area contributed by atoms with Crippen molar-refractivity contribution in [3.63, 3.8) is 0 Å². The van der Waals surface area contributed by atoms with Gasteiger partial charge in [0.1, 0.15) is 0 Å². The molecule has 1 aromatic carbocycles. The van der Waals surface area contributed by atoms with Crippen LogP contribution < -0.4 is 5.32 Å². The van der Waals surface area contributed by atoms with Crippen molar-refractivity contribution in [3.8, 4) is 0 Å². The Kier molecular flexibility index (Phi) is 4.57. The van der Waals surface area contributed by atoms with Crippen LogP contribution in [0.25, 0.3) is 6.08 Å². The van der Waals surface area contributed by atoms with Gasteiger partial charge in [0.15, 0.2) is 0 Å². The largest absolute Gasteiger partial charge is 0.471 e. The molecule has 0 radical (unpaired) electrons. The van der Waals surface area contributed by atoms with Gasteiger partial charge < -0.3 is 10.2 Å². The molecule has 146 valence electrons. The van der Waals surface area contributed by atoms with E-state index in [0.29, 0.717) is 19.3 Å². The minimum absolute atomic E-state index is 0.0394. The third kappa shape index (κ3) is 3.51. The molecule has 2 atom stereocenters. The molecule has 0 bridgehead atoms. The highest BCUT2D eigenvalue weighted by Crippen LogP contribution is 2.52. The predicted octanol–water partition coefficient (Wildman–Crippen LogP) is 4.01. The van der Waals surface area contributed by atoms with E-state index < -0.39 is 12.1 Å². The summed E-state index contributed by atoms with van der Waals surface area (Å²) in [5, 5.41) is 3.20. The third-order valence-corrected chi connectivity index (χ3v) is 6.36. The maximum Gasteiger partial charge on any atom is 0.471 e. The number of carbonyl (C=O) groups is 1. The number of hydrogen-bond donors (Lipinski definition) is 1. The molecule has 4 rings (SSSR count). The highest BCUT2D eigenvalue weighted by molar-refractivity contribution is 5.83. The number of nitrogens with one attached hydrogen (secondary N) is 1. The van der Waals surface area contributed by atoms with Gasteiger partial charge >= 0.3 is 12.1 Å². The molecule has 3 nitrogen and oxygen atoms in total. The summed E-state index contributed by atoms with van der Waals surface area (Å²) in [4.78, 5) is 13.4. The molecule has 1 N–H and O–H groups in total. The molecule has 1 saturated heterocycles. The van der Waals surface area contributed by atoms with E-state index in [1.807, 2.05) is 37.3 Å². The van der Waals surface area contributed by atoms with Crippen molar-refractivity contribution in [2.45, 2.75) is 50.9 Å². The quantitative estimate of drug-likeness (QED) is 0.840. The van der Waals surface area contributed by atoms with E-state index in [4.69, 9.17) is 0 Å². The fraction of sp³-hybridized carbons (Fsp3) is 0.571. The average Bonchev–Trinajstić information content (AvgIpc) is 3.33. The molecule has 3 aliphatic rings. The number of benzene rings is 1. The van der Waals surface area contributed by atoms with Gasteiger partial charge in [-0.15, -0.1) is 0 Å². The topological polar surface area (TPSA) is 32.3 Å². The molecule has 27 heavy (non-hydrogen) atoms. The first-order valence-electron chi connectivity index (χ1n) is 9.69. The number of amides is 1. The highest BCUT2D eigenvalue weighted by atomic mass is 19.4. The lowest BCUT2D eigenvalue weighted by molar-refractivity contribution is -0.194. The molecule has 1 amide bonds. The number of alkyl halides is 3. The van der Waals surface area contributed by atoms with E-state index in [1.165, 1.54) is 4.90 Å². The second-order valence-electron chi connectivity index (χ2n) is 8.27. The Hall–Kier alpha value is -1.82. The van der Waals surface area contributed by atoms with Crippen LogP contribution in [0.4, 0.5) is 13.2 Å². The molecular formula is C21H25F3N2O. The number of hydrogen-bond acceptors (Lipinski definition) is 2. The summed E-state index contributed by atoms with van der Waals surface area (Å²) >= 11 is 0. The summed E-state index contributed by atoms with van der Waals surface area (Å²) in [5.74, 6) is -1.62. The predicted molar refractivity (Wildman–Crippen MR) is 97.8 cm³/mol. The van der Waals surface area contributed by atoms with Gasteiger partial charge in [0, 0.05) is 31.1 Å². The summed E-state index contributed by atoms with van der Waals surface area (Å²) in [7, 11) is 0. The summed E-state index contributed by atoms with van der Waals surface area (Å²) < 4.78 is 39.7. The Morgan fingerprint density at radius 2 is 1.93 bits per heavy atom. The second-order valence-corrected chi connectivity index (χ2v) is 8.27. The van der Waals surface area contributed by atoms with E-state index in [9.17, 15) is 18.0 Å². The van der Waals surface area contributed by atoms with Crippen LogP contribution in [0.15, 0.2) is 35.9 Å². The minimum atomic E-state index is -4.80. The van der Waals surface area contributed by atoms with Crippen LogP contribution in [-0.2, 0) is 4.79 Å². The number of carbonyl (C=O) groups excluding carboxylic acids is 1. The van der Waals surface area contributed by atoms with E-state index in [1.54, 1.807) is 0 Å². The monoisotopic (exact) mass is 378 g/mol. The molecule has 2 saturated carbocycles. The zero-order valence-corrected chi connectivity index (χ0v) is 15.4. The normalized spacial score (nSPS) is 27.0. The second kappa shape index (κ2) is 6.66. The summed E-state index contributed by atoms with van der Waals surface area (Å²) in [6.45, 7) is 3.75. The molecule has 1 aliphatic heterocycles. The van der Waals surface area contributed by atoms with Gasteiger partial charge in [-0.2, -0.15) is 13.2 Å². The van der Waals surface area contributed by atoms with Gasteiger partial charge in [-0.25, -0.2) is 0 Å². The third-order valence-electron chi connectivity index (χ3n) is 6.36. The van der Waals surface area contributed by atoms with Gasteiger partial charge in [0.05, 0.1) is 0 Å². The van der Waals surface area contributed by atoms with Gasteiger partial charge in [0.25, 0.3) is 0 Å². The molecule has 1 spiro atoms. The first-order chi connectivity index (χ1) is 12.8. The van der Waals surface area contributed by atoms with Crippen molar-refractivity contribution in [1.29, 1.82) is 0 Å². The summed E-state index contributed by atoms with van der Waals surface area (Å²) in [6, 6.07) is 9.23. The lowest BCUT2D eigenvalue weighted by atomic mass is 9.61. The molecule has 6 heteroatoms. The van der Waals surface area contributed by atoms with Crippen LogP contribution in [0.2, 0.25) is 0 Å². The average molecular weight is 378 g/mol. The van der Waals surface area contributed by atoms with Crippen molar-refractivity contribution < 1.29 is 18.0 Å². The Morgan fingerprint density at radius 3 is 2.44 bits per heavy atom. The maximum absolute atomic E-state index is 13.2. The molecule has 1 aromatic rings. The lowest BCUT2D eigenvalue weighted by Gasteiger charge is -2.57. The number of nitrogens with zero attached hydrogens (tertiary/aromatic N) is 1. The fourth-order valence-corrected chi connectivity index (χ4v) is 4.76. The SMILES string of the molecule is CC/C(=C\c1ccccc1)[C@@H]1C[C@H]1N(C(=O)C(F)(F)F)C1CC2(CNC2)C1. The lowest BCUT2D eigenvalue weighted by Crippen LogP contribution is -2.67. The van der Waals surface area contributed by atoms with Crippen LogP contribution in [0.1, 0.15) is 38.2 Å². The van der Waals surface area contributed by atoms with Gasteiger partial charge in [0.2, 0.25) is 0 Å². The molecule has 0 aromatic heterocycles. The van der Waals surface area contributed by atoms with E-state index in [2.05, 4.69) is 11.4 Å². The maximum atomic E-state index is 13.2. The van der Waals surface area contributed by atoms with Crippen LogP contribution in [0.5, 0.6) is 0 Å². The zero-order chi connectivity index (χ0) is 19.2. The van der Waals surface area contributed by atoms with Crippen molar-refractivity contribution in [3.05, 3.63) is 41.5 Å². The van der Waals surface area contributed by atoms with E-state index in [0.717, 1.165) is 30.6 Å². The van der Waals surface area contributed by atoms with Gasteiger partial charge in [-0.3, -0.25) is 4.79 Å². The molecule has 3 fully saturated rings. The fourth-order valence-electron chi connectivity index (χ4n) is 4.76. The van der Waals surface area contributed by atoms with Crippen molar-refractivity contribution in [2.75, 3.05) is 13.1 Å². The van der Waals surface area contributed by atoms with E-state index >= 15 is 0 Å². The Morgan fingerprint density at radius 1 is 1.26 bits per heavy atom. The van der Waals surface area contributed by atoms with Crippen molar-refractivity contribution in [1.82, 2.24) is 10.2 Å². The standard InChI is InChI=1S/C21H25F3N2O/c1-2-15(8-14-6-4-3-5-7-14)17-9-18(17)26(19(27)21(22,23)24)16-10-20(11-16)12-25-13-20/h3-8,16-18,25H,2,9-13H2,1H3/b15-8+/t17-,18+/m0/s1. The summed E-state index contributed by atoms with van der Waals surface area (Å²) in [6.07, 6.45) is 0.0603. The minimum Gasteiger partial charge on any atom is -0.328 e. The van der Waals surface area contributed by atoms with E-state index in [-0.39, 0.29) is 23.4 Å². The van der Waals surface area contributed by atoms with Crippen molar-refractivity contribution in [2.24, 2.45) is 11.3 Å². The number of halogens is 3. The van der Waals surface area contributed by atoms with Crippen LogP contribution >= 0.6 is 0 Å². The van der Waals surface area contributed by atoms with Gasteiger partial charge in [-0.1, -0.05) is 48.9 Å². The Balaban J connectivity index is 1.51. The van der Waals surface area contributed by atoms with Crippen molar-refractivity contribution >= 4 is 12.0 Å². The Bertz CT molecular complexity index is 732. The first-order valence-corrected chi connectivity index (χ1v) is 9.69. The molecule has 0 unspecified atom stereocenters. The van der Waals surface area contributed by atoms with Crippen LogP contribution in [0.3, 0.4) is 0 Å². The summed E-state index contributed by atoms with van der Waals surface area (Å²) in [5.41, 5.74) is 2.31. The van der Waals surface area contributed by atoms with Crippen LogP contribution in [0, 0.1) is 11.3 Å². The molecular weight excluding hydrogens is 353 g/mol. The Labute approximate surface area is 157 Å². The molecule has 1 heterocycles. The highest BCUT2D eigenvalue weighted by Gasteiger charge is 2.59. The van der Waals surface area contributed by atoms with Crippen LogP contribution in [-0.4, -0.2) is 42.2 Å². The zero-order valence-electron chi connectivity index (χ0n) is 15.4. The van der Waals surface area contributed by atoms with Gasteiger partial charge in [-0.05, 0) is 36.7 Å². The smallest absolute Gasteiger partial charge is 0.328 e. The molecule has 2 aliphatic carbocycles. The first kappa shape index (κ1) is 18.5.